The number of rotatable bonds is 16. The van der Waals surface area contributed by atoms with Crippen LogP contribution in [-0.4, -0.2) is 60.7 Å². The van der Waals surface area contributed by atoms with Crippen molar-refractivity contribution in [2.45, 2.75) is 40.0 Å². The molecule has 0 saturated heterocycles. The molecule has 0 bridgehead atoms. The molecule has 324 valence electrons. The Bertz CT molecular complexity index is 2780. The van der Waals surface area contributed by atoms with E-state index in [1.54, 1.807) is 98.2 Å². The van der Waals surface area contributed by atoms with Gasteiger partial charge >= 0.3 is 5.97 Å². The number of hydrogen-bond acceptors (Lipinski definition) is 10. The molecule has 7 N–H and O–H groups in total. The molecule has 3 amide bonds. The summed E-state index contributed by atoms with van der Waals surface area (Å²) in [4.78, 5) is 81.9. The van der Waals surface area contributed by atoms with Crippen molar-refractivity contribution in [1.82, 2.24) is 4.98 Å². The van der Waals surface area contributed by atoms with Crippen LogP contribution in [0.15, 0.2) is 127 Å². The number of amides is 3. The zero-order valence-electron chi connectivity index (χ0n) is 35.0. The van der Waals surface area contributed by atoms with Crippen molar-refractivity contribution in [2.24, 2.45) is 5.92 Å². The smallest absolute Gasteiger partial charge is 0.339 e. The molecule has 0 unspecified atom stereocenters. The number of nitrogens with zero attached hydrogens (tertiary/aromatic N) is 1. The lowest BCUT2D eigenvalue weighted by molar-refractivity contribution is -0.120. The van der Waals surface area contributed by atoms with Crippen LogP contribution < -0.4 is 16.0 Å². The highest BCUT2D eigenvalue weighted by molar-refractivity contribution is 6.09. The van der Waals surface area contributed by atoms with Gasteiger partial charge in [-0.2, -0.15) is 0 Å². The number of phenolic OH excluding ortho intramolecular Hbond substituents is 2. The molecule has 6 aromatic rings. The number of anilines is 3. The van der Waals surface area contributed by atoms with Crippen LogP contribution in [0.1, 0.15) is 82.6 Å². The SMILES string of the molecule is C/C(=C\c1ccc(O)cc1)C(=O)Cc1ccc(C(=O)C[C@@H](Cc2ccncc2)C(=O)Nc2ccc(C(=O)Nc3ccc(C(=O)Nc4ccc(C(=O)O)c(O)c4C)c(O)c3C)cc2)cc1. The normalized spacial score (nSPS) is 11.6. The first-order valence-corrected chi connectivity index (χ1v) is 20.0. The Morgan fingerprint density at radius 3 is 1.80 bits per heavy atom. The van der Waals surface area contributed by atoms with Gasteiger partial charge in [0, 0.05) is 70.5 Å². The van der Waals surface area contributed by atoms with Gasteiger partial charge in [-0.1, -0.05) is 36.4 Å². The molecule has 64 heavy (non-hydrogen) atoms. The van der Waals surface area contributed by atoms with Crippen LogP contribution in [0.4, 0.5) is 17.1 Å². The molecule has 5 aromatic carbocycles. The zero-order valence-corrected chi connectivity index (χ0v) is 35.0. The molecular weight excluding hydrogens is 817 g/mol. The fraction of sp³-hybridized carbons (Fsp3) is 0.140. The lowest BCUT2D eigenvalue weighted by Gasteiger charge is -2.17. The number of carbonyl (C=O) groups excluding carboxylic acids is 5. The number of pyridine rings is 1. The minimum Gasteiger partial charge on any atom is -0.508 e. The Hall–Kier alpha value is -8.39. The van der Waals surface area contributed by atoms with Crippen LogP contribution >= 0.6 is 0 Å². The van der Waals surface area contributed by atoms with Crippen molar-refractivity contribution in [1.29, 1.82) is 0 Å². The summed E-state index contributed by atoms with van der Waals surface area (Å²) >= 11 is 0. The van der Waals surface area contributed by atoms with Crippen molar-refractivity contribution in [3.8, 4) is 17.2 Å². The van der Waals surface area contributed by atoms with Crippen LogP contribution in [0.25, 0.3) is 6.08 Å². The molecule has 0 spiro atoms. The molecular formula is C50H44N4O10. The number of ketones is 2. The Labute approximate surface area is 368 Å². The van der Waals surface area contributed by atoms with Gasteiger partial charge < -0.3 is 36.4 Å². The predicted octanol–water partition coefficient (Wildman–Crippen LogP) is 8.30. The van der Waals surface area contributed by atoms with E-state index in [2.05, 4.69) is 20.9 Å². The van der Waals surface area contributed by atoms with E-state index in [1.807, 2.05) is 0 Å². The summed E-state index contributed by atoms with van der Waals surface area (Å²) in [7, 11) is 0. The summed E-state index contributed by atoms with van der Waals surface area (Å²) in [6, 6.07) is 28.1. The fourth-order valence-electron chi connectivity index (χ4n) is 6.80. The fourth-order valence-corrected chi connectivity index (χ4v) is 6.80. The Morgan fingerprint density at radius 1 is 0.625 bits per heavy atom. The number of aromatic carboxylic acids is 1. The Kier molecular flexibility index (Phi) is 14.1. The molecule has 0 fully saturated rings. The molecule has 14 nitrogen and oxygen atoms in total. The predicted molar refractivity (Wildman–Crippen MR) is 241 cm³/mol. The highest BCUT2D eigenvalue weighted by Gasteiger charge is 2.25. The molecule has 0 aliphatic rings. The van der Waals surface area contributed by atoms with Crippen molar-refractivity contribution in [3.05, 3.63) is 177 Å². The van der Waals surface area contributed by atoms with Crippen molar-refractivity contribution in [2.75, 3.05) is 16.0 Å². The van der Waals surface area contributed by atoms with Crippen LogP contribution in [0.5, 0.6) is 17.2 Å². The summed E-state index contributed by atoms with van der Waals surface area (Å²) in [6.07, 6.45) is 5.21. The molecule has 0 saturated carbocycles. The lowest BCUT2D eigenvalue weighted by Crippen LogP contribution is -2.27. The second-order valence-corrected chi connectivity index (χ2v) is 15.1. The van der Waals surface area contributed by atoms with Crippen LogP contribution in [0, 0.1) is 19.8 Å². The van der Waals surface area contributed by atoms with E-state index in [-0.39, 0.29) is 75.8 Å². The maximum Gasteiger partial charge on any atom is 0.339 e. The van der Waals surface area contributed by atoms with Crippen LogP contribution in [0.3, 0.4) is 0 Å². The van der Waals surface area contributed by atoms with Crippen molar-refractivity contribution < 1.29 is 49.2 Å². The van der Waals surface area contributed by atoms with Gasteiger partial charge in [-0.15, -0.1) is 0 Å². The minimum absolute atomic E-state index is 0.0933. The average Bonchev–Trinajstić information content (AvgIpc) is 3.28. The monoisotopic (exact) mass is 860 g/mol. The Balaban J connectivity index is 1.08. The maximum absolute atomic E-state index is 13.7. The van der Waals surface area contributed by atoms with Crippen LogP contribution in [-0.2, 0) is 22.4 Å². The number of Topliss-reactive ketones (excluding diaryl/α,β-unsaturated/α-hetero) is 2. The number of carbonyl (C=O) groups is 6. The van der Waals surface area contributed by atoms with E-state index in [4.69, 9.17) is 0 Å². The van der Waals surface area contributed by atoms with Gasteiger partial charge in [0.2, 0.25) is 5.91 Å². The summed E-state index contributed by atoms with van der Waals surface area (Å²) in [5, 5.41) is 48.0. The summed E-state index contributed by atoms with van der Waals surface area (Å²) < 4.78 is 0. The largest absolute Gasteiger partial charge is 0.508 e. The maximum atomic E-state index is 13.7. The molecule has 0 radical (unpaired) electrons. The minimum atomic E-state index is -1.33. The summed E-state index contributed by atoms with van der Waals surface area (Å²) in [5.41, 5.74) is 4.05. The molecule has 6 rings (SSSR count). The highest BCUT2D eigenvalue weighted by atomic mass is 16.4. The highest BCUT2D eigenvalue weighted by Crippen LogP contribution is 2.33. The zero-order chi connectivity index (χ0) is 46.1. The van der Waals surface area contributed by atoms with E-state index < -0.39 is 41.1 Å². The van der Waals surface area contributed by atoms with Gasteiger partial charge in [-0.05, 0) is 128 Å². The Morgan fingerprint density at radius 2 is 1.19 bits per heavy atom. The number of benzene rings is 5. The first-order chi connectivity index (χ1) is 30.6. The summed E-state index contributed by atoms with van der Waals surface area (Å²) in [6.45, 7) is 4.66. The molecule has 1 heterocycles. The number of hydrogen-bond donors (Lipinski definition) is 7. The number of carboxylic acid groups (broad SMARTS) is 1. The molecule has 1 atom stereocenters. The van der Waals surface area contributed by atoms with Gasteiger partial charge in [-0.25, -0.2) is 4.79 Å². The second-order valence-electron chi connectivity index (χ2n) is 15.1. The second kappa shape index (κ2) is 20.0. The number of carboxylic acids is 1. The van der Waals surface area contributed by atoms with Gasteiger partial charge in [-0.3, -0.25) is 29.0 Å². The first-order valence-electron chi connectivity index (χ1n) is 20.0. The topological polar surface area (TPSA) is 232 Å². The van der Waals surface area contributed by atoms with E-state index in [0.717, 1.165) is 22.8 Å². The number of phenols is 3. The molecule has 1 aromatic heterocycles. The van der Waals surface area contributed by atoms with Gasteiger partial charge in [0.1, 0.15) is 22.8 Å². The first kappa shape index (κ1) is 45.1. The van der Waals surface area contributed by atoms with E-state index >= 15 is 0 Å². The van der Waals surface area contributed by atoms with Gasteiger partial charge in [0.25, 0.3) is 11.8 Å². The average molecular weight is 861 g/mol. The van der Waals surface area contributed by atoms with E-state index in [9.17, 15) is 49.2 Å². The third-order valence-electron chi connectivity index (χ3n) is 10.6. The lowest BCUT2D eigenvalue weighted by atomic mass is 9.91. The van der Waals surface area contributed by atoms with Gasteiger partial charge in [0.15, 0.2) is 11.6 Å². The molecule has 14 heteroatoms. The number of nitrogens with one attached hydrogen (secondary N) is 3. The third-order valence-corrected chi connectivity index (χ3v) is 10.6. The van der Waals surface area contributed by atoms with E-state index in [0.29, 0.717) is 16.8 Å². The number of allylic oxidation sites excluding steroid dienone is 1. The molecule has 0 aliphatic heterocycles. The third kappa shape index (κ3) is 11.1. The van der Waals surface area contributed by atoms with Gasteiger partial charge in [0.05, 0.1) is 5.56 Å². The quantitative estimate of drug-likeness (QED) is 0.0361. The van der Waals surface area contributed by atoms with Crippen molar-refractivity contribution in [3.63, 3.8) is 0 Å². The van der Waals surface area contributed by atoms with Crippen LogP contribution in [0.2, 0.25) is 0 Å². The standard InChI is InChI=1S/C50H44N4O10/c1-28(24-31-6-14-38(55)15-7-31)43(56)26-32-4-8-34(9-5-32)44(57)27-36(25-33-20-22-51-23-21-33)48(61)52-37-12-10-35(11-13-37)47(60)53-41-18-16-39(45(58)29(41)2)49(62)54-42-19-17-40(50(63)64)46(59)30(42)3/h4-24,36,55,58-59H,25-27H2,1-3H3,(H,52,61)(H,53,60)(H,54,62)(H,63,64)/b28-24+/t36-/m1/s1. The number of aromatic nitrogens is 1. The number of aromatic hydroxyl groups is 3. The molecule has 0 aliphatic carbocycles. The van der Waals surface area contributed by atoms with Crippen molar-refractivity contribution >= 4 is 58.4 Å². The van der Waals surface area contributed by atoms with E-state index in [1.165, 1.54) is 44.2 Å². The summed E-state index contributed by atoms with van der Waals surface area (Å²) in [5.74, 6) is -4.94.